The first-order chi connectivity index (χ1) is 11.5. The zero-order valence-electron chi connectivity index (χ0n) is 15.3. The van der Waals surface area contributed by atoms with Gasteiger partial charge in [0.15, 0.2) is 0 Å². The van der Waals surface area contributed by atoms with Crippen LogP contribution in [-0.2, 0) is 9.53 Å². The lowest BCUT2D eigenvalue weighted by molar-refractivity contribution is -0.120. The highest BCUT2D eigenvalue weighted by Gasteiger charge is 2.29. The molecule has 0 aliphatic heterocycles. The summed E-state index contributed by atoms with van der Waals surface area (Å²) >= 11 is 0. The summed E-state index contributed by atoms with van der Waals surface area (Å²) in [5.74, 6) is -1.41. The molecule has 0 radical (unpaired) electrons. The van der Waals surface area contributed by atoms with Gasteiger partial charge in [0.1, 0.15) is 11.6 Å². The lowest BCUT2D eigenvalue weighted by Crippen LogP contribution is -2.47. The minimum absolute atomic E-state index is 0.132. The summed E-state index contributed by atoms with van der Waals surface area (Å²) in [5, 5.41) is 11.6. The Balaban J connectivity index is 2.82. The normalized spacial score (nSPS) is 12.2. The van der Waals surface area contributed by atoms with Crippen LogP contribution < -0.4 is 5.32 Å². The Morgan fingerprint density at radius 3 is 2.20 bits per heavy atom. The van der Waals surface area contributed by atoms with Crippen LogP contribution >= 0.6 is 0 Å². The number of carboxylic acid groups (broad SMARTS) is 1. The van der Waals surface area contributed by atoms with Crippen molar-refractivity contribution >= 4 is 23.7 Å². The van der Waals surface area contributed by atoms with Crippen molar-refractivity contribution in [2.24, 2.45) is 0 Å². The van der Waals surface area contributed by atoms with E-state index in [0.29, 0.717) is 18.7 Å². The molecule has 138 valence electrons. The largest absolute Gasteiger partial charge is 0.478 e. The summed E-state index contributed by atoms with van der Waals surface area (Å²) in [4.78, 5) is 37.0. The van der Waals surface area contributed by atoms with Gasteiger partial charge in [0.25, 0.3) is 0 Å². The summed E-state index contributed by atoms with van der Waals surface area (Å²) < 4.78 is 5.36. The maximum Gasteiger partial charge on any atom is 0.410 e. The molecule has 0 spiro atoms. The number of nitrogens with zero attached hydrogens (tertiary/aromatic N) is 1. The number of nitrogens with one attached hydrogen (secondary N) is 1. The average molecular weight is 350 g/mol. The number of hydrogen-bond acceptors (Lipinski definition) is 4. The van der Waals surface area contributed by atoms with Crippen molar-refractivity contribution < 1.29 is 24.2 Å². The molecule has 1 rings (SSSR count). The minimum atomic E-state index is -1.04. The summed E-state index contributed by atoms with van der Waals surface area (Å²) in [6, 6.07) is 5.09. The summed E-state index contributed by atoms with van der Waals surface area (Å²) in [6.07, 6.45) is 0.141. The van der Waals surface area contributed by atoms with Gasteiger partial charge >= 0.3 is 12.1 Å². The van der Waals surface area contributed by atoms with Crippen molar-refractivity contribution in [3.8, 4) is 0 Å². The van der Waals surface area contributed by atoms with E-state index >= 15 is 0 Å². The number of hydrogen-bond donors (Lipinski definition) is 2. The third-order valence-corrected chi connectivity index (χ3v) is 3.34. The third kappa shape index (κ3) is 6.45. The van der Waals surface area contributed by atoms with Crippen molar-refractivity contribution in [1.29, 1.82) is 0 Å². The van der Waals surface area contributed by atoms with E-state index in [-0.39, 0.29) is 11.5 Å². The van der Waals surface area contributed by atoms with Gasteiger partial charge in [-0.1, -0.05) is 6.92 Å². The van der Waals surface area contributed by atoms with E-state index in [1.165, 1.54) is 29.2 Å². The van der Waals surface area contributed by atoms with E-state index in [4.69, 9.17) is 9.84 Å². The van der Waals surface area contributed by atoms with Crippen molar-refractivity contribution in [2.75, 3.05) is 11.9 Å². The second kappa shape index (κ2) is 8.50. The first kappa shape index (κ1) is 20.5. The minimum Gasteiger partial charge on any atom is -0.478 e. The molecule has 0 fully saturated rings. The van der Waals surface area contributed by atoms with Crippen LogP contribution in [-0.4, -0.2) is 46.2 Å². The lowest BCUT2D eigenvalue weighted by atomic mass is 10.2. The van der Waals surface area contributed by atoms with Gasteiger partial charge in [0.05, 0.1) is 5.56 Å². The molecule has 0 aliphatic carbocycles. The smallest absolute Gasteiger partial charge is 0.410 e. The molecular formula is C18H26N2O5. The van der Waals surface area contributed by atoms with Crippen molar-refractivity contribution in [3.05, 3.63) is 29.8 Å². The van der Waals surface area contributed by atoms with Gasteiger partial charge in [0.2, 0.25) is 5.91 Å². The number of ether oxygens (including phenoxy) is 1. The van der Waals surface area contributed by atoms with Crippen LogP contribution in [0, 0.1) is 0 Å². The Labute approximate surface area is 148 Å². The van der Waals surface area contributed by atoms with E-state index in [1.807, 2.05) is 6.92 Å². The molecule has 0 aliphatic rings. The van der Waals surface area contributed by atoms with Gasteiger partial charge in [-0.15, -0.1) is 0 Å². The Bertz CT molecular complexity index is 619. The van der Waals surface area contributed by atoms with Gasteiger partial charge in [-0.25, -0.2) is 9.59 Å². The van der Waals surface area contributed by atoms with Crippen molar-refractivity contribution in [3.63, 3.8) is 0 Å². The number of amides is 2. The zero-order chi connectivity index (χ0) is 19.2. The van der Waals surface area contributed by atoms with Crippen molar-refractivity contribution in [1.82, 2.24) is 4.90 Å². The maximum atomic E-state index is 12.4. The number of carboxylic acids is 1. The molecule has 7 nitrogen and oxygen atoms in total. The van der Waals surface area contributed by atoms with E-state index in [1.54, 1.807) is 27.7 Å². The van der Waals surface area contributed by atoms with E-state index in [9.17, 15) is 14.4 Å². The number of anilines is 1. The average Bonchev–Trinajstić information content (AvgIpc) is 2.50. The highest BCUT2D eigenvalue weighted by molar-refractivity contribution is 5.97. The van der Waals surface area contributed by atoms with Gasteiger partial charge in [0, 0.05) is 12.2 Å². The molecule has 0 saturated carbocycles. The van der Waals surface area contributed by atoms with Gasteiger partial charge in [-0.3, -0.25) is 9.69 Å². The van der Waals surface area contributed by atoms with Crippen LogP contribution in [0.3, 0.4) is 0 Å². The van der Waals surface area contributed by atoms with Crippen LogP contribution in [0.5, 0.6) is 0 Å². The Hall–Kier alpha value is -2.57. The lowest BCUT2D eigenvalue weighted by Gasteiger charge is -2.30. The molecule has 2 N–H and O–H groups in total. The molecule has 1 unspecified atom stereocenters. The fourth-order valence-electron chi connectivity index (χ4n) is 2.09. The Morgan fingerprint density at radius 2 is 1.76 bits per heavy atom. The number of aromatic carboxylic acids is 1. The molecule has 0 saturated heterocycles. The quantitative estimate of drug-likeness (QED) is 0.820. The van der Waals surface area contributed by atoms with Crippen LogP contribution in [0.4, 0.5) is 10.5 Å². The van der Waals surface area contributed by atoms with Crippen LogP contribution in [0.2, 0.25) is 0 Å². The summed E-state index contributed by atoms with van der Waals surface area (Å²) in [7, 11) is 0. The molecule has 1 aromatic rings. The topological polar surface area (TPSA) is 95.9 Å². The fraction of sp³-hybridized carbons (Fsp3) is 0.500. The predicted molar refractivity (Wildman–Crippen MR) is 94.7 cm³/mol. The molecule has 0 aromatic heterocycles. The molecule has 1 atom stereocenters. The van der Waals surface area contributed by atoms with Crippen molar-refractivity contribution in [2.45, 2.75) is 52.7 Å². The van der Waals surface area contributed by atoms with E-state index in [0.717, 1.165) is 0 Å². The first-order valence-corrected chi connectivity index (χ1v) is 8.19. The monoisotopic (exact) mass is 350 g/mol. The number of carbonyl (C=O) groups excluding carboxylic acids is 2. The SMILES string of the molecule is CCCN(C(=O)OC(C)(C)C)C(C)C(=O)Nc1ccc(C(=O)O)cc1. The number of benzene rings is 1. The van der Waals surface area contributed by atoms with Crippen LogP contribution in [0.15, 0.2) is 24.3 Å². The summed E-state index contributed by atoms with van der Waals surface area (Å²) in [5.41, 5.74) is -0.0544. The molecule has 0 heterocycles. The fourth-order valence-corrected chi connectivity index (χ4v) is 2.09. The van der Waals surface area contributed by atoms with Gasteiger partial charge in [-0.2, -0.15) is 0 Å². The Kier molecular flexibility index (Phi) is 6.97. The standard InChI is InChI=1S/C18H26N2O5/c1-6-11-20(17(24)25-18(3,4)5)12(2)15(21)19-14-9-7-13(8-10-14)16(22)23/h7-10,12H,6,11H2,1-5H3,(H,19,21)(H,22,23). The van der Waals surface area contributed by atoms with E-state index < -0.39 is 23.7 Å². The maximum absolute atomic E-state index is 12.4. The zero-order valence-corrected chi connectivity index (χ0v) is 15.3. The highest BCUT2D eigenvalue weighted by atomic mass is 16.6. The first-order valence-electron chi connectivity index (χ1n) is 8.19. The second-order valence-electron chi connectivity index (χ2n) is 6.72. The van der Waals surface area contributed by atoms with Crippen LogP contribution in [0.1, 0.15) is 51.4 Å². The molecule has 25 heavy (non-hydrogen) atoms. The highest BCUT2D eigenvalue weighted by Crippen LogP contribution is 2.15. The van der Waals surface area contributed by atoms with E-state index in [2.05, 4.69) is 5.32 Å². The summed E-state index contributed by atoms with van der Waals surface area (Å²) in [6.45, 7) is 9.23. The van der Waals surface area contributed by atoms with Gasteiger partial charge < -0.3 is 15.2 Å². The third-order valence-electron chi connectivity index (χ3n) is 3.34. The molecule has 2 amide bonds. The predicted octanol–water partition coefficient (Wildman–Crippen LogP) is 3.36. The molecular weight excluding hydrogens is 324 g/mol. The number of rotatable bonds is 6. The number of carbonyl (C=O) groups is 3. The Morgan fingerprint density at radius 1 is 1.20 bits per heavy atom. The molecule has 1 aromatic carbocycles. The molecule has 7 heteroatoms. The second-order valence-corrected chi connectivity index (χ2v) is 6.72. The van der Waals surface area contributed by atoms with Gasteiger partial charge in [-0.05, 0) is 58.4 Å². The van der Waals surface area contributed by atoms with Crippen LogP contribution in [0.25, 0.3) is 0 Å². The molecule has 0 bridgehead atoms.